The predicted molar refractivity (Wildman–Crippen MR) is 62.2 cm³/mol. The van der Waals surface area contributed by atoms with Crippen LogP contribution in [0.2, 0.25) is 10.0 Å². The lowest BCUT2D eigenvalue weighted by Crippen LogP contribution is -2.29. The van der Waals surface area contributed by atoms with Gasteiger partial charge in [0.2, 0.25) is 0 Å². The largest absolute Gasteiger partial charge is 0.320 e. The highest BCUT2D eigenvalue weighted by Crippen LogP contribution is 2.23. The normalized spacial score (nSPS) is 11.9. The van der Waals surface area contributed by atoms with E-state index in [-0.39, 0.29) is 12.2 Å². The average Bonchev–Trinajstić information content (AvgIpc) is 2.21. The van der Waals surface area contributed by atoms with Crippen LogP contribution in [0, 0.1) is 12.3 Å². The van der Waals surface area contributed by atoms with E-state index in [9.17, 15) is 4.79 Å². The Labute approximate surface area is 98.4 Å². The van der Waals surface area contributed by atoms with E-state index in [0.29, 0.717) is 15.6 Å². The highest BCUT2D eigenvalue weighted by Gasteiger charge is 2.15. The van der Waals surface area contributed by atoms with Crippen LogP contribution in [0.15, 0.2) is 18.2 Å². The Morgan fingerprint density at radius 2 is 2.13 bits per heavy atom. The summed E-state index contributed by atoms with van der Waals surface area (Å²) in [5.41, 5.74) is 6.00. The molecule has 0 aliphatic rings. The van der Waals surface area contributed by atoms with Gasteiger partial charge in [-0.05, 0) is 18.2 Å². The number of ketones is 1. The van der Waals surface area contributed by atoms with Gasteiger partial charge in [0.25, 0.3) is 0 Å². The minimum absolute atomic E-state index is 0.207. The number of hydrogen-bond donors (Lipinski definition) is 1. The lowest BCUT2D eigenvalue weighted by atomic mass is 10.0. The van der Waals surface area contributed by atoms with Crippen molar-refractivity contribution in [2.45, 2.75) is 12.5 Å². The van der Waals surface area contributed by atoms with Crippen molar-refractivity contribution in [3.8, 4) is 12.3 Å². The predicted octanol–water partition coefficient (Wildman–Crippen LogP) is 2.53. The summed E-state index contributed by atoms with van der Waals surface area (Å²) in [5, 5.41) is 0.731. The van der Waals surface area contributed by atoms with Crippen LogP contribution in [0.25, 0.3) is 0 Å². The van der Waals surface area contributed by atoms with Gasteiger partial charge in [0.1, 0.15) is 0 Å². The van der Waals surface area contributed by atoms with E-state index >= 15 is 0 Å². The van der Waals surface area contributed by atoms with Crippen molar-refractivity contribution < 1.29 is 4.79 Å². The molecule has 2 nitrogen and oxygen atoms in total. The standard InChI is InChI=1S/C11H9Cl2NO/c1-2-3-10(14)11(15)7-4-5-8(12)9(13)6-7/h1,4-6,10H,3,14H2. The van der Waals surface area contributed by atoms with Gasteiger partial charge in [-0.2, -0.15) is 0 Å². The molecule has 1 rings (SSSR count). The van der Waals surface area contributed by atoms with Crippen molar-refractivity contribution in [2.75, 3.05) is 0 Å². The third-order valence-electron chi connectivity index (χ3n) is 1.88. The van der Waals surface area contributed by atoms with Crippen LogP contribution in [0.5, 0.6) is 0 Å². The topological polar surface area (TPSA) is 43.1 Å². The number of carbonyl (C=O) groups excluding carboxylic acids is 1. The minimum Gasteiger partial charge on any atom is -0.320 e. The van der Waals surface area contributed by atoms with E-state index in [0.717, 1.165) is 0 Å². The molecule has 0 saturated heterocycles. The van der Waals surface area contributed by atoms with Gasteiger partial charge in [-0.25, -0.2) is 0 Å². The van der Waals surface area contributed by atoms with Gasteiger partial charge in [0.15, 0.2) is 5.78 Å². The van der Waals surface area contributed by atoms with E-state index in [2.05, 4.69) is 5.92 Å². The molecule has 1 aromatic carbocycles. The fourth-order valence-corrected chi connectivity index (χ4v) is 1.38. The molecule has 0 bridgehead atoms. The summed E-state index contributed by atoms with van der Waals surface area (Å²) in [7, 11) is 0. The number of Topliss-reactive ketones (excluding diaryl/α,β-unsaturated/α-hetero) is 1. The second-order valence-electron chi connectivity index (χ2n) is 3.01. The van der Waals surface area contributed by atoms with Gasteiger partial charge in [0, 0.05) is 12.0 Å². The summed E-state index contributed by atoms with van der Waals surface area (Å²) in [6.45, 7) is 0. The maximum atomic E-state index is 11.7. The Morgan fingerprint density at radius 3 is 2.67 bits per heavy atom. The number of halogens is 2. The summed E-state index contributed by atoms with van der Waals surface area (Å²) in [6.07, 6.45) is 5.28. The molecule has 0 amide bonds. The minimum atomic E-state index is -0.688. The van der Waals surface area contributed by atoms with Crippen molar-refractivity contribution >= 4 is 29.0 Å². The number of rotatable bonds is 3. The first kappa shape index (κ1) is 12.1. The molecule has 0 heterocycles. The van der Waals surface area contributed by atoms with Crippen molar-refractivity contribution in [3.05, 3.63) is 33.8 Å². The molecule has 0 spiro atoms. The number of benzene rings is 1. The zero-order valence-corrected chi connectivity index (χ0v) is 9.35. The maximum Gasteiger partial charge on any atom is 0.180 e. The molecule has 1 unspecified atom stereocenters. The molecular weight excluding hydrogens is 233 g/mol. The Balaban J connectivity index is 2.93. The molecule has 0 saturated carbocycles. The van der Waals surface area contributed by atoms with Crippen LogP contribution in [-0.2, 0) is 0 Å². The van der Waals surface area contributed by atoms with E-state index < -0.39 is 6.04 Å². The van der Waals surface area contributed by atoms with Gasteiger partial charge in [0.05, 0.1) is 16.1 Å². The fraction of sp³-hybridized carbons (Fsp3) is 0.182. The summed E-state index contributed by atoms with van der Waals surface area (Å²) in [5.74, 6) is 2.11. The van der Waals surface area contributed by atoms with Crippen molar-refractivity contribution in [2.24, 2.45) is 5.73 Å². The Hall–Kier alpha value is -1.01. The van der Waals surface area contributed by atoms with Crippen LogP contribution in [0.3, 0.4) is 0 Å². The molecular formula is C11H9Cl2NO. The smallest absolute Gasteiger partial charge is 0.180 e. The average molecular weight is 242 g/mol. The number of nitrogens with two attached hydrogens (primary N) is 1. The summed E-state index contributed by atoms with van der Waals surface area (Å²) < 4.78 is 0. The van der Waals surface area contributed by atoms with Crippen LogP contribution >= 0.6 is 23.2 Å². The zero-order chi connectivity index (χ0) is 11.4. The molecule has 0 fully saturated rings. The van der Waals surface area contributed by atoms with Crippen LogP contribution in [0.1, 0.15) is 16.8 Å². The summed E-state index contributed by atoms with van der Waals surface area (Å²) in [4.78, 5) is 11.7. The first-order valence-electron chi connectivity index (χ1n) is 4.24. The molecule has 4 heteroatoms. The van der Waals surface area contributed by atoms with E-state index in [1.54, 1.807) is 12.1 Å². The van der Waals surface area contributed by atoms with Gasteiger partial charge in [-0.15, -0.1) is 12.3 Å². The van der Waals surface area contributed by atoms with E-state index in [1.807, 2.05) is 0 Å². The van der Waals surface area contributed by atoms with Crippen LogP contribution < -0.4 is 5.73 Å². The van der Waals surface area contributed by atoms with Gasteiger partial charge >= 0.3 is 0 Å². The fourth-order valence-electron chi connectivity index (χ4n) is 1.08. The highest BCUT2D eigenvalue weighted by molar-refractivity contribution is 6.42. The third-order valence-corrected chi connectivity index (χ3v) is 2.62. The zero-order valence-electron chi connectivity index (χ0n) is 7.84. The lowest BCUT2D eigenvalue weighted by Gasteiger charge is -2.07. The van der Waals surface area contributed by atoms with Crippen molar-refractivity contribution in [1.82, 2.24) is 0 Å². The molecule has 78 valence electrons. The first-order chi connectivity index (χ1) is 7.06. The lowest BCUT2D eigenvalue weighted by molar-refractivity contribution is 0.0963. The third kappa shape index (κ3) is 2.97. The molecule has 2 N–H and O–H groups in total. The van der Waals surface area contributed by atoms with Gasteiger partial charge < -0.3 is 5.73 Å². The molecule has 1 aromatic rings. The molecule has 0 aliphatic heterocycles. The number of terminal acetylenes is 1. The molecule has 0 aromatic heterocycles. The number of hydrogen-bond acceptors (Lipinski definition) is 2. The Morgan fingerprint density at radius 1 is 1.47 bits per heavy atom. The van der Waals surface area contributed by atoms with E-state index in [1.165, 1.54) is 6.07 Å². The van der Waals surface area contributed by atoms with Crippen molar-refractivity contribution in [1.29, 1.82) is 0 Å². The van der Waals surface area contributed by atoms with Crippen molar-refractivity contribution in [3.63, 3.8) is 0 Å². The molecule has 1 atom stereocenters. The first-order valence-corrected chi connectivity index (χ1v) is 5.00. The van der Waals surface area contributed by atoms with Crippen LogP contribution in [-0.4, -0.2) is 11.8 Å². The highest BCUT2D eigenvalue weighted by atomic mass is 35.5. The molecule has 0 aliphatic carbocycles. The quantitative estimate of drug-likeness (QED) is 0.653. The van der Waals surface area contributed by atoms with Crippen LogP contribution in [0.4, 0.5) is 0 Å². The molecule has 15 heavy (non-hydrogen) atoms. The van der Waals surface area contributed by atoms with Gasteiger partial charge in [-0.3, -0.25) is 4.79 Å². The second-order valence-corrected chi connectivity index (χ2v) is 3.82. The van der Waals surface area contributed by atoms with Gasteiger partial charge in [-0.1, -0.05) is 23.2 Å². The van der Waals surface area contributed by atoms with E-state index in [4.69, 9.17) is 35.4 Å². The maximum absolute atomic E-state index is 11.7. The summed E-state index contributed by atoms with van der Waals surface area (Å²) >= 11 is 11.5. The Bertz CT molecular complexity index is 423. The number of carbonyl (C=O) groups is 1. The Kier molecular flexibility index (Phi) is 4.16. The monoisotopic (exact) mass is 241 g/mol. The summed E-state index contributed by atoms with van der Waals surface area (Å²) in [6, 6.07) is 3.93. The second kappa shape index (κ2) is 5.18. The SMILES string of the molecule is C#CCC(N)C(=O)c1ccc(Cl)c(Cl)c1. The molecule has 0 radical (unpaired) electrons.